The summed E-state index contributed by atoms with van der Waals surface area (Å²) in [7, 11) is 5.38. The zero-order chi connectivity index (χ0) is 12.5. The van der Waals surface area contributed by atoms with Gasteiger partial charge in [-0.3, -0.25) is 0 Å². The highest BCUT2D eigenvalue weighted by Crippen LogP contribution is 2.30. The molecule has 2 aromatic rings. The van der Waals surface area contributed by atoms with Crippen LogP contribution in [0.5, 0.6) is 0 Å². The van der Waals surface area contributed by atoms with Crippen LogP contribution >= 0.6 is 11.5 Å². The van der Waals surface area contributed by atoms with Crippen LogP contribution in [0.3, 0.4) is 0 Å². The van der Waals surface area contributed by atoms with E-state index in [1.54, 1.807) is 0 Å². The van der Waals surface area contributed by atoms with Gasteiger partial charge in [0.15, 0.2) is 5.82 Å². The quantitative estimate of drug-likeness (QED) is 0.770. The van der Waals surface area contributed by atoms with Gasteiger partial charge in [0.2, 0.25) is 0 Å². The Balaban J connectivity index is 2.29. The van der Waals surface area contributed by atoms with Gasteiger partial charge in [0.05, 0.1) is 13.4 Å². The molecule has 0 atom stereocenters. The molecule has 0 aliphatic rings. The minimum absolute atomic E-state index is 0.276. The van der Waals surface area contributed by atoms with Gasteiger partial charge in [0.1, 0.15) is 5.01 Å². The molecule has 0 unspecified atom stereocenters. The van der Waals surface area contributed by atoms with Gasteiger partial charge < -0.3 is 0 Å². The lowest BCUT2D eigenvalue weighted by atomic mass is 10.1. The van der Waals surface area contributed by atoms with E-state index >= 15 is 0 Å². The fraction of sp³-hybridized carbons (Fsp3) is 0.200. The Hall–Kier alpha value is -1.37. The highest BCUT2D eigenvalue weighted by atomic mass is 32.1. The van der Waals surface area contributed by atoms with E-state index in [4.69, 9.17) is 7.85 Å². The van der Waals surface area contributed by atoms with Gasteiger partial charge >= 0.3 is 6.18 Å². The Morgan fingerprint density at radius 3 is 2.29 bits per heavy atom. The molecule has 86 valence electrons. The van der Waals surface area contributed by atoms with Crippen LogP contribution in [0.4, 0.5) is 13.2 Å². The maximum absolute atomic E-state index is 12.3. The minimum Gasteiger partial charge on any atom is -0.221 e. The van der Waals surface area contributed by atoms with Crippen molar-refractivity contribution < 1.29 is 13.2 Å². The van der Waals surface area contributed by atoms with Crippen LogP contribution in [-0.4, -0.2) is 17.2 Å². The second-order valence-corrected chi connectivity index (χ2v) is 4.13. The summed E-state index contributed by atoms with van der Waals surface area (Å²) >= 11 is 1.15. The summed E-state index contributed by atoms with van der Waals surface area (Å²) in [4.78, 5) is 4.09. The summed E-state index contributed by atoms with van der Waals surface area (Å²) in [5, 5.41) is 0.653. The highest BCUT2D eigenvalue weighted by molar-refractivity contribution is 7.05. The lowest BCUT2D eigenvalue weighted by Gasteiger charge is -2.06. The van der Waals surface area contributed by atoms with E-state index in [2.05, 4.69) is 9.36 Å². The van der Waals surface area contributed by atoms with Crippen LogP contribution in [0.15, 0.2) is 24.3 Å². The Labute approximate surface area is 101 Å². The van der Waals surface area contributed by atoms with Crippen LogP contribution in [-0.2, 0) is 12.5 Å². The number of benzene rings is 1. The molecule has 2 radical (unpaired) electrons. The van der Waals surface area contributed by atoms with Crippen molar-refractivity contribution in [2.75, 3.05) is 0 Å². The average molecular weight is 254 g/mol. The van der Waals surface area contributed by atoms with E-state index in [-0.39, 0.29) is 6.32 Å². The number of aromatic nitrogens is 2. The molecule has 7 heteroatoms. The molecule has 0 aliphatic carbocycles. The first-order chi connectivity index (χ1) is 8.00. The van der Waals surface area contributed by atoms with Gasteiger partial charge in [-0.15, -0.1) is 0 Å². The van der Waals surface area contributed by atoms with Gasteiger partial charge in [-0.25, -0.2) is 4.98 Å². The van der Waals surface area contributed by atoms with Crippen molar-refractivity contribution in [1.29, 1.82) is 0 Å². The maximum Gasteiger partial charge on any atom is 0.416 e. The van der Waals surface area contributed by atoms with Crippen molar-refractivity contribution in [2.24, 2.45) is 0 Å². The zero-order valence-corrected chi connectivity index (χ0v) is 9.35. The van der Waals surface area contributed by atoms with Crippen LogP contribution in [0.1, 0.15) is 10.6 Å². The summed E-state index contributed by atoms with van der Waals surface area (Å²) in [6.45, 7) is 0. The fourth-order valence-corrected chi connectivity index (χ4v) is 1.80. The van der Waals surface area contributed by atoms with Crippen molar-refractivity contribution in [2.45, 2.75) is 12.5 Å². The second-order valence-electron chi connectivity index (χ2n) is 3.29. The smallest absolute Gasteiger partial charge is 0.221 e. The predicted octanol–water partition coefficient (Wildman–Crippen LogP) is 2.89. The van der Waals surface area contributed by atoms with Gasteiger partial charge in [-0.1, -0.05) is 12.1 Å². The minimum atomic E-state index is -4.32. The lowest BCUT2D eigenvalue weighted by molar-refractivity contribution is -0.137. The molecular weight excluding hydrogens is 248 g/mol. The number of halogens is 3. The van der Waals surface area contributed by atoms with Crippen molar-refractivity contribution in [3.8, 4) is 11.4 Å². The monoisotopic (exact) mass is 254 g/mol. The third kappa shape index (κ3) is 2.66. The Morgan fingerprint density at radius 1 is 1.18 bits per heavy atom. The summed E-state index contributed by atoms with van der Waals surface area (Å²) < 4.78 is 41.0. The number of alkyl halides is 3. The topological polar surface area (TPSA) is 25.8 Å². The first-order valence-electron chi connectivity index (χ1n) is 4.71. The average Bonchev–Trinajstić information content (AvgIpc) is 2.76. The lowest BCUT2D eigenvalue weighted by Crippen LogP contribution is -2.04. The number of rotatable bonds is 2. The van der Waals surface area contributed by atoms with Crippen LogP contribution in [0, 0.1) is 0 Å². The molecular formula is C10H6BF3N2S. The van der Waals surface area contributed by atoms with Crippen LogP contribution < -0.4 is 0 Å². The summed E-state index contributed by atoms with van der Waals surface area (Å²) in [6.07, 6.45) is -4.05. The van der Waals surface area contributed by atoms with Gasteiger partial charge in [0, 0.05) is 5.56 Å². The zero-order valence-electron chi connectivity index (χ0n) is 8.53. The van der Waals surface area contributed by atoms with E-state index in [1.807, 2.05) is 0 Å². The molecule has 1 heterocycles. The maximum atomic E-state index is 12.3. The molecule has 0 saturated heterocycles. The number of hydrogen-bond donors (Lipinski definition) is 0. The standard InChI is InChI=1S/C10H6BF3N2S/c11-5-8-15-9(16-17-8)6-1-3-7(4-2-6)10(12,13)14/h1-4H,5H2. The van der Waals surface area contributed by atoms with Crippen molar-refractivity contribution in [1.82, 2.24) is 9.36 Å². The van der Waals surface area contributed by atoms with Crippen molar-refractivity contribution in [3.05, 3.63) is 34.8 Å². The normalized spacial score (nSPS) is 11.7. The van der Waals surface area contributed by atoms with E-state index in [0.717, 1.165) is 23.7 Å². The third-order valence-corrected chi connectivity index (χ3v) is 2.85. The summed E-state index contributed by atoms with van der Waals surface area (Å²) in [5.41, 5.74) is -0.135. The molecule has 0 saturated carbocycles. The Morgan fingerprint density at radius 2 is 1.82 bits per heavy atom. The van der Waals surface area contributed by atoms with E-state index in [9.17, 15) is 13.2 Å². The SMILES string of the molecule is [B]Cc1nc(-c2ccc(C(F)(F)F)cc2)ns1. The Bertz CT molecular complexity index is 507. The molecule has 0 bridgehead atoms. The molecule has 2 nitrogen and oxygen atoms in total. The largest absolute Gasteiger partial charge is 0.416 e. The molecule has 0 amide bonds. The van der Waals surface area contributed by atoms with E-state index in [0.29, 0.717) is 16.4 Å². The highest BCUT2D eigenvalue weighted by Gasteiger charge is 2.30. The molecule has 1 aromatic carbocycles. The van der Waals surface area contributed by atoms with Crippen molar-refractivity contribution >= 4 is 19.4 Å². The summed E-state index contributed by atoms with van der Waals surface area (Å²) in [6, 6.07) is 4.73. The second kappa shape index (κ2) is 4.48. The van der Waals surface area contributed by atoms with Crippen LogP contribution in [0.2, 0.25) is 0 Å². The van der Waals surface area contributed by atoms with Crippen LogP contribution in [0.25, 0.3) is 11.4 Å². The molecule has 0 N–H and O–H groups in total. The molecule has 0 spiro atoms. The first-order valence-corrected chi connectivity index (χ1v) is 5.48. The van der Waals surface area contributed by atoms with E-state index in [1.165, 1.54) is 12.1 Å². The van der Waals surface area contributed by atoms with Gasteiger partial charge in [-0.2, -0.15) is 17.5 Å². The molecule has 17 heavy (non-hydrogen) atoms. The Kier molecular flexibility index (Phi) is 3.19. The number of hydrogen-bond acceptors (Lipinski definition) is 3. The molecule has 0 fully saturated rings. The fourth-order valence-electron chi connectivity index (χ4n) is 1.26. The number of nitrogens with zero attached hydrogens (tertiary/aromatic N) is 2. The van der Waals surface area contributed by atoms with E-state index < -0.39 is 11.7 Å². The van der Waals surface area contributed by atoms with Gasteiger partial charge in [0.25, 0.3) is 0 Å². The summed E-state index contributed by atoms with van der Waals surface area (Å²) in [5.74, 6) is 0.407. The van der Waals surface area contributed by atoms with Crippen molar-refractivity contribution in [3.63, 3.8) is 0 Å². The first kappa shape index (κ1) is 12.1. The molecule has 2 rings (SSSR count). The molecule has 0 aliphatic heterocycles. The third-order valence-electron chi connectivity index (χ3n) is 2.11. The van der Waals surface area contributed by atoms with Gasteiger partial charge in [-0.05, 0) is 30.0 Å². The predicted molar refractivity (Wildman–Crippen MR) is 59.8 cm³/mol. The molecule has 1 aromatic heterocycles.